The average molecular weight is 423 g/mol. The van der Waals surface area contributed by atoms with Crippen molar-refractivity contribution in [3.63, 3.8) is 0 Å². The van der Waals surface area contributed by atoms with Crippen LogP contribution in [0.5, 0.6) is 5.75 Å². The molecule has 0 aliphatic heterocycles. The number of aromatic carboxylic acids is 1. The Morgan fingerprint density at radius 3 is 2.33 bits per heavy atom. The first-order valence-corrected chi connectivity index (χ1v) is 10.5. The van der Waals surface area contributed by atoms with Crippen LogP contribution in [0.4, 0.5) is 4.79 Å². The van der Waals surface area contributed by atoms with Crippen LogP contribution in [0.1, 0.15) is 33.6 Å². The number of carbonyl (C=O) groups excluding carboxylic acids is 1. The van der Waals surface area contributed by atoms with Crippen molar-refractivity contribution in [2.75, 3.05) is 13.2 Å². The number of hydrogen-bond acceptors (Lipinski definition) is 5. The van der Waals surface area contributed by atoms with Crippen molar-refractivity contribution in [2.45, 2.75) is 18.9 Å². The van der Waals surface area contributed by atoms with Crippen molar-refractivity contribution in [3.05, 3.63) is 76.0 Å². The predicted molar refractivity (Wildman–Crippen MR) is 114 cm³/mol. The number of carboxylic acids is 1. The van der Waals surface area contributed by atoms with Gasteiger partial charge in [0.1, 0.15) is 23.8 Å². The van der Waals surface area contributed by atoms with E-state index < -0.39 is 12.1 Å². The second kappa shape index (κ2) is 8.59. The fourth-order valence-electron chi connectivity index (χ4n) is 3.61. The van der Waals surface area contributed by atoms with Crippen molar-refractivity contribution in [1.29, 1.82) is 0 Å². The van der Waals surface area contributed by atoms with Crippen LogP contribution >= 0.6 is 11.3 Å². The van der Waals surface area contributed by atoms with Crippen LogP contribution in [-0.4, -0.2) is 36.4 Å². The van der Waals surface area contributed by atoms with Crippen molar-refractivity contribution in [3.8, 4) is 16.9 Å². The van der Waals surface area contributed by atoms with E-state index in [0.29, 0.717) is 5.75 Å². The SMILES string of the molecule is CC(COc1csc(C(=O)O)c1)NC(=O)OCC1c2ccccc2-c2ccccc21. The largest absolute Gasteiger partial charge is 0.491 e. The topological polar surface area (TPSA) is 84.9 Å². The number of carbonyl (C=O) groups is 2. The monoisotopic (exact) mass is 423 g/mol. The summed E-state index contributed by atoms with van der Waals surface area (Å²) >= 11 is 1.10. The second-order valence-corrected chi connectivity index (χ2v) is 8.04. The van der Waals surface area contributed by atoms with E-state index >= 15 is 0 Å². The third kappa shape index (κ3) is 4.16. The molecule has 4 rings (SSSR count). The van der Waals surface area contributed by atoms with Gasteiger partial charge in [-0.15, -0.1) is 11.3 Å². The zero-order valence-corrected chi connectivity index (χ0v) is 17.1. The summed E-state index contributed by atoms with van der Waals surface area (Å²) in [4.78, 5) is 23.4. The van der Waals surface area contributed by atoms with Crippen LogP contribution in [0.25, 0.3) is 11.1 Å². The number of ether oxygens (including phenoxy) is 2. The van der Waals surface area contributed by atoms with Gasteiger partial charge in [0.15, 0.2) is 0 Å². The Bertz CT molecular complexity index is 1030. The molecule has 1 aromatic heterocycles. The van der Waals surface area contributed by atoms with Gasteiger partial charge in [-0.2, -0.15) is 0 Å². The highest BCUT2D eigenvalue weighted by Crippen LogP contribution is 2.44. The third-order valence-corrected chi connectivity index (χ3v) is 5.89. The van der Waals surface area contributed by atoms with E-state index in [0.717, 1.165) is 22.5 Å². The molecule has 0 saturated carbocycles. The van der Waals surface area contributed by atoms with E-state index in [2.05, 4.69) is 29.6 Å². The summed E-state index contributed by atoms with van der Waals surface area (Å²) in [6, 6.07) is 17.5. The standard InChI is InChI=1S/C23H21NO5S/c1-14(11-28-15-10-21(22(25)26)30-13-15)24-23(27)29-12-20-18-8-4-2-6-16(18)17-7-3-5-9-19(17)20/h2-10,13-14,20H,11-12H2,1H3,(H,24,27)(H,25,26). The van der Waals surface area contributed by atoms with Gasteiger partial charge in [-0.25, -0.2) is 9.59 Å². The van der Waals surface area contributed by atoms with Crippen molar-refractivity contribution < 1.29 is 24.2 Å². The summed E-state index contributed by atoms with van der Waals surface area (Å²) in [7, 11) is 0. The van der Waals surface area contributed by atoms with Crippen molar-refractivity contribution in [1.82, 2.24) is 5.32 Å². The molecule has 0 bridgehead atoms. The number of alkyl carbamates (subject to hydrolysis) is 1. The number of hydrogen-bond donors (Lipinski definition) is 2. The highest BCUT2D eigenvalue weighted by Gasteiger charge is 2.29. The summed E-state index contributed by atoms with van der Waals surface area (Å²) in [6.45, 7) is 2.26. The molecule has 3 aromatic rings. The first-order valence-electron chi connectivity index (χ1n) is 9.59. The Hall–Kier alpha value is -3.32. The van der Waals surface area contributed by atoms with E-state index in [1.165, 1.54) is 17.2 Å². The lowest BCUT2D eigenvalue weighted by atomic mass is 9.98. The van der Waals surface area contributed by atoms with Crippen LogP contribution in [-0.2, 0) is 4.74 Å². The van der Waals surface area contributed by atoms with Crippen LogP contribution in [0, 0.1) is 0 Å². The van der Waals surface area contributed by atoms with Crippen LogP contribution in [0.15, 0.2) is 60.0 Å². The summed E-state index contributed by atoms with van der Waals surface area (Å²) in [5.41, 5.74) is 4.69. The van der Waals surface area contributed by atoms with Gasteiger partial charge in [-0.3, -0.25) is 0 Å². The molecule has 0 fully saturated rings. The minimum Gasteiger partial charge on any atom is -0.491 e. The predicted octanol–water partition coefficient (Wildman–Crippen LogP) is 4.75. The van der Waals surface area contributed by atoms with Gasteiger partial charge >= 0.3 is 12.1 Å². The van der Waals surface area contributed by atoms with Crippen LogP contribution in [0.3, 0.4) is 0 Å². The molecule has 1 atom stereocenters. The minimum absolute atomic E-state index is 0.00921. The number of nitrogens with one attached hydrogen (secondary N) is 1. The lowest BCUT2D eigenvalue weighted by molar-refractivity contribution is 0.0701. The summed E-state index contributed by atoms with van der Waals surface area (Å²) < 4.78 is 11.1. The van der Waals surface area contributed by atoms with E-state index in [1.807, 2.05) is 24.3 Å². The lowest BCUT2D eigenvalue weighted by Crippen LogP contribution is -2.37. The molecular weight excluding hydrogens is 402 g/mol. The molecule has 1 unspecified atom stereocenters. The van der Waals surface area contributed by atoms with E-state index in [9.17, 15) is 9.59 Å². The number of fused-ring (bicyclic) bond motifs is 3. The first kappa shape index (κ1) is 20.0. The van der Waals surface area contributed by atoms with E-state index in [-0.39, 0.29) is 30.1 Å². The van der Waals surface area contributed by atoms with E-state index in [1.54, 1.807) is 12.3 Å². The van der Waals surface area contributed by atoms with Gasteiger partial charge in [0, 0.05) is 17.4 Å². The second-order valence-electron chi connectivity index (χ2n) is 7.13. The molecule has 0 spiro atoms. The summed E-state index contributed by atoms with van der Waals surface area (Å²) in [5, 5.41) is 13.3. The molecule has 0 saturated heterocycles. The molecule has 2 N–H and O–H groups in total. The molecular formula is C23H21NO5S. The maximum Gasteiger partial charge on any atom is 0.407 e. The van der Waals surface area contributed by atoms with Gasteiger partial charge in [0.05, 0.1) is 6.04 Å². The smallest absolute Gasteiger partial charge is 0.407 e. The zero-order chi connectivity index (χ0) is 21.1. The van der Waals surface area contributed by atoms with Crippen LogP contribution < -0.4 is 10.1 Å². The van der Waals surface area contributed by atoms with Crippen molar-refractivity contribution in [2.24, 2.45) is 0 Å². The lowest BCUT2D eigenvalue weighted by Gasteiger charge is -2.17. The molecule has 154 valence electrons. The molecule has 2 aromatic carbocycles. The number of amides is 1. The van der Waals surface area contributed by atoms with Gasteiger partial charge < -0.3 is 19.9 Å². The Morgan fingerprint density at radius 2 is 1.73 bits per heavy atom. The van der Waals surface area contributed by atoms with Gasteiger partial charge in [0.25, 0.3) is 0 Å². The first-order chi connectivity index (χ1) is 14.5. The number of thiophene rings is 1. The number of carboxylic acid groups (broad SMARTS) is 1. The summed E-state index contributed by atoms with van der Waals surface area (Å²) in [6.07, 6.45) is -0.510. The molecule has 1 heterocycles. The Balaban J connectivity index is 1.31. The average Bonchev–Trinajstić information content (AvgIpc) is 3.34. The molecule has 6 nitrogen and oxygen atoms in total. The van der Waals surface area contributed by atoms with E-state index in [4.69, 9.17) is 14.6 Å². The number of rotatable bonds is 7. The molecule has 1 aliphatic carbocycles. The molecule has 0 radical (unpaired) electrons. The quantitative estimate of drug-likeness (QED) is 0.573. The summed E-state index contributed by atoms with van der Waals surface area (Å²) in [5.74, 6) is -0.506. The highest BCUT2D eigenvalue weighted by molar-refractivity contribution is 7.12. The van der Waals surface area contributed by atoms with Gasteiger partial charge in [-0.05, 0) is 29.2 Å². The Kier molecular flexibility index (Phi) is 5.72. The third-order valence-electron chi connectivity index (χ3n) is 4.99. The fourth-order valence-corrected chi connectivity index (χ4v) is 4.28. The Labute approximate surface area is 178 Å². The molecule has 30 heavy (non-hydrogen) atoms. The molecule has 7 heteroatoms. The van der Waals surface area contributed by atoms with Gasteiger partial charge in [-0.1, -0.05) is 48.5 Å². The molecule has 1 amide bonds. The minimum atomic E-state index is -0.986. The zero-order valence-electron chi connectivity index (χ0n) is 16.3. The molecule has 1 aliphatic rings. The maximum atomic E-state index is 12.3. The normalized spacial score (nSPS) is 13.2. The van der Waals surface area contributed by atoms with Gasteiger partial charge in [0.2, 0.25) is 0 Å². The van der Waals surface area contributed by atoms with Crippen LogP contribution in [0.2, 0.25) is 0 Å². The number of benzene rings is 2. The van der Waals surface area contributed by atoms with Crippen molar-refractivity contribution >= 4 is 23.4 Å². The Morgan fingerprint density at radius 1 is 1.10 bits per heavy atom. The fraction of sp³-hybridized carbons (Fsp3) is 0.217. The highest BCUT2D eigenvalue weighted by atomic mass is 32.1. The maximum absolute atomic E-state index is 12.3.